The van der Waals surface area contributed by atoms with E-state index in [1.807, 2.05) is 37.3 Å². The van der Waals surface area contributed by atoms with Crippen molar-refractivity contribution in [1.29, 1.82) is 0 Å². The van der Waals surface area contributed by atoms with Gasteiger partial charge in [0.15, 0.2) is 0 Å². The van der Waals surface area contributed by atoms with Crippen LogP contribution in [-0.4, -0.2) is 23.9 Å². The first-order valence-corrected chi connectivity index (χ1v) is 6.06. The van der Waals surface area contributed by atoms with Gasteiger partial charge in [-0.1, -0.05) is 11.6 Å². The highest BCUT2D eigenvalue weighted by Crippen LogP contribution is 2.29. The molecular weight excluding hydrogens is 250 g/mol. The summed E-state index contributed by atoms with van der Waals surface area (Å²) in [5, 5.41) is 11.7. The Morgan fingerprint density at radius 3 is 2.61 bits per heavy atom. The Hall–Kier alpha value is -1.81. The van der Waals surface area contributed by atoms with Gasteiger partial charge in [0.1, 0.15) is 11.6 Å². The number of benzene rings is 1. The first-order valence-electron chi connectivity index (χ1n) is 5.68. The molecule has 18 heavy (non-hydrogen) atoms. The molecule has 2 rings (SSSR count). The van der Waals surface area contributed by atoms with Crippen LogP contribution in [0.4, 0.5) is 5.82 Å². The van der Waals surface area contributed by atoms with E-state index in [0.717, 1.165) is 17.1 Å². The van der Waals surface area contributed by atoms with Gasteiger partial charge < -0.3 is 10.1 Å². The third-order valence-electron chi connectivity index (χ3n) is 2.45. The number of nitrogens with one attached hydrogen (secondary N) is 1. The molecule has 0 unspecified atom stereocenters. The quantitative estimate of drug-likeness (QED) is 0.920. The second-order valence-corrected chi connectivity index (χ2v) is 4.04. The van der Waals surface area contributed by atoms with Crippen molar-refractivity contribution >= 4 is 17.4 Å². The minimum atomic E-state index is 0.578. The number of ether oxygens (including phenoxy) is 1. The number of anilines is 1. The van der Waals surface area contributed by atoms with Gasteiger partial charge in [-0.05, 0) is 37.3 Å². The molecule has 0 aliphatic heterocycles. The lowest BCUT2D eigenvalue weighted by Gasteiger charge is -2.07. The summed E-state index contributed by atoms with van der Waals surface area (Å²) in [6, 6.07) is 9.35. The van der Waals surface area contributed by atoms with Crippen molar-refractivity contribution in [2.45, 2.75) is 6.92 Å². The zero-order valence-corrected chi connectivity index (χ0v) is 11.0. The summed E-state index contributed by atoms with van der Waals surface area (Å²) < 4.78 is 5.39. The van der Waals surface area contributed by atoms with Crippen LogP contribution in [0.3, 0.4) is 0 Å². The molecule has 1 heterocycles. The Bertz CT molecular complexity index is 528. The van der Waals surface area contributed by atoms with Crippen LogP contribution >= 0.6 is 11.6 Å². The molecular formula is C13H14ClN3O. The molecule has 1 aromatic heterocycles. The monoisotopic (exact) mass is 263 g/mol. The average Bonchev–Trinajstić information content (AvgIpc) is 2.41. The molecule has 2 aromatic rings. The molecule has 0 spiro atoms. The molecule has 4 nitrogen and oxygen atoms in total. The van der Waals surface area contributed by atoms with E-state index in [0.29, 0.717) is 17.4 Å². The molecule has 0 radical (unpaired) electrons. The summed E-state index contributed by atoms with van der Waals surface area (Å²) in [5.41, 5.74) is 1.69. The lowest BCUT2D eigenvalue weighted by atomic mass is 10.1. The summed E-state index contributed by atoms with van der Waals surface area (Å²) in [5.74, 6) is 1.42. The fraction of sp³-hybridized carbons (Fsp3) is 0.231. The molecule has 94 valence electrons. The predicted molar refractivity (Wildman–Crippen MR) is 73.2 cm³/mol. The van der Waals surface area contributed by atoms with E-state index in [-0.39, 0.29) is 0 Å². The van der Waals surface area contributed by atoms with E-state index in [1.54, 1.807) is 7.05 Å². The van der Waals surface area contributed by atoms with E-state index in [2.05, 4.69) is 15.5 Å². The lowest BCUT2D eigenvalue weighted by molar-refractivity contribution is 0.340. The van der Waals surface area contributed by atoms with Crippen LogP contribution in [0.2, 0.25) is 5.02 Å². The summed E-state index contributed by atoms with van der Waals surface area (Å²) in [6.45, 7) is 2.52. The van der Waals surface area contributed by atoms with Crippen molar-refractivity contribution in [3.8, 4) is 17.0 Å². The second-order valence-electron chi connectivity index (χ2n) is 3.63. The fourth-order valence-electron chi connectivity index (χ4n) is 1.55. The van der Waals surface area contributed by atoms with Gasteiger partial charge in [-0.15, -0.1) is 10.2 Å². The molecule has 1 aromatic carbocycles. The number of nitrogens with zero attached hydrogens (tertiary/aromatic N) is 2. The molecule has 1 N–H and O–H groups in total. The van der Waals surface area contributed by atoms with Crippen LogP contribution in [-0.2, 0) is 0 Å². The Kier molecular flexibility index (Phi) is 3.99. The summed E-state index contributed by atoms with van der Waals surface area (Å²) in [7, 11) is 1.80. The summed E-state index contributed by atoms with van der Waals surface area (Å²) >= 11 is 6.13. The molecule has 5 heteroatoms. The number of rotatable bonds is 4. The maximum absolute atomic E-state index is 6.13. The molecule has 0 bridgehead atoms. The first-order chi connectivity index (χ1) is 8.74. The molecule has 0 aliphatic rings. The highest BCUT2D eigenvalue weighted by atomic mass is 35.5. The third-order valence-corrected chi connectivity index (χ3v) is 2.74. The van der Waals surface area contributed by atoms with Crippen molar-refractivity contribution in [3.05, 3.63) is 35.4 Å². The number of hydrogen-bond acceptors (Lipinski definition) is 4. The number of hydrogen-bond donors (Lipinski definition) is 1. The maximum atomic E-state index is 6.13. The van der Waals surface area contributed by atoms with E-state index in [1.165, 1.54) is 0 Å². The van der Waals surface area contributed by atoms with Crippen LogP contribution in [0.25, 0.3) is 11.3 Å². The Morgan fingerprint density at radius 2 is 2.06 bits per heavy atom. The molecule has 0 atom stereocenters. The van der Waals surface area contributed by atoms with Crippen molar-refractivity contribution in [1.82, 2.24) is 10.2 Å². The van der Waals surface area contributed by atoms with E-state index in [4.69, 9.17) is 16.3 Å². The van der Waals surface area contributed by atoms with Crippen molar-refractivity contribution in [2.24, 2.45) is 0 Å². The van der Waals surface area contributed by atoms with Crippen LogP contribution in [0.5, 0.6) is 5.75 Å². The Balaban J connectivity index is 2.30. The van der Waals surface area contributed by atoms with Gasteiger partial charge >= 0.3 is 0 Å². The van der Waals surface area contributed by atoms with Gasteiger partial charge in [-0.25, -0.2) is 0 Å². The number of halogens is 1. The zero-order valence-electron chi connectivity index (χ0n) is 10.3. The number of aromatic nitrogens is 2. The molecule has 0 amide bonds. The van der Waals surface area contributed by atoms with Gasteiger partial charge in [-0.2, -0.15) is 0 Å². The van der Waals surface area contributed by atoms with Crippen LogP contribution < -0.4 is 10.1 Å². The van der Waals surface area contributed by atoms with Crippen molar-refractivity contribution in [2.75, 3.05) is 19.0 Å². The predicted octanol–water partition coefficient (Wildman–Crippen LogP) is 3.24. The summed E-state index contributed by atoms with van der Waals surface area (Å²) in [6.07, 6.45) is 0. The van der Waals surface area contributed by atoms with E-state index in [9.17, 15) is 0 Å². The average molecular weight is 264 g/mol. The molecule has 0 fully saturated rings. The van der Waals surface area contributed by atoms with E-state index >= 15 is 0 Å². The lowest BCUT2D eigenvalue weighted by Crippen LogP contribution is -1.96. The first kappa shape index (κ1) is 12.6. The normalized spacial score (nSPS) is 10.2. The zero-order chi connectivity index (χ0) is 13.0. The van der Waals surface area contributed by atoms with Crippen LogP contribution in [0, 0.1) is 0 Å². The van der Waals surface area contributed by atoms with Crippen LogP contribution in [0.1, 0.15) is 6.92 Å². The largest absolute Gasteiger partial charge is 0.492 e. The van der Waals surface area contributed by atoms with Crippen LogP contribution in [0.15, 0.2) is 30.3 Å². The maximum Gasteiger partial charge on any atom is 0.148 e. The van der Waals surface area contributed by atoms with Gasteiger partial charge in [0.05, 0.1) is 17.3 Å². The topological polar surface area (TPSA) is 47.0 Å². The molecule has 0 saturated heterocycles. The Morgan fingerprint density at radius 1 is 1.22 bits per heavy atom. The standard InChI is InChI=1S/C13H14ClN3O/c1-3-18-12-6-4-9(8-10(12)14)11-5-7-13(15-2)17-16-11/h4-8H,3H2,1-2H3,(H,15,17). The Labute approximate surface area is 111 Å². The van der Waals surface area contributed by atoms with E-state index < -0.39 is 0 Å². The highest BCUT2D eigenvalue weighted by Gasteiger charge is 2.05. The smallest absolute Gasteiger partial charge is 0.148 e. The highest BCUT2D eigenvalue weighted by molar-refractivity contribution is 6.32. The minimum Gasteiger partial charge on any atom is -0.492 e. The van der Waals surface area contributed by atoms with Gasteiger partial charge in [0.25, 0.3) is 0 Å². The second kappa shape index (κ2) is 5.69. The van der Waals surface area contributed by atoms with Crippen molar-refractivity contribution < 1.29 is 4.74 Å². The van der Waals surface area contributed by atoms with Gasteiger partial charge in [-0.3, -0.25) is 0 Å². The molecule has 0 aliphatic carbocycles. The SMILES string of the molecule is CCOc1ccc(-c2ccc(NC)nn2)cc1Cl. The summed E-state index contributed by atoms with van der Waals surface area (Å²) in [4.78, 5) is 0. The fourth-order valence-corrected chi connectivity index (χ4v) is 1.79. The van der Waals surface area contributed by atoms with Gasteiger partial charge in [0.2, 0.25) is 0 Å². The molecule has 0 saturated carbocycles. The third kappa shape index (κ3) is 2.71. The van der Waals surface area contributed by atoms with Crippen molar-refractivity contribution in [3.63, 3.8) is 0 Å². The minimum absolute atomic E-state index is 0.578. The van der Waals surface area contributed by atoms with Gasteiger partial charge in [0, 0.05) is 12.6 Å².